The number of phenols is 1. The first-order valence-corrected chi connectivity index (χ1v) is 8.50. The topological polar surface area (TPSA) is 49.8 Å². The lowest BCUT2D eigenvalue weighted by Gasteiger charge is -2.14. The molecule has 0 unspecified atom stereocenters. The molecule has 2 aromatic carbocycles. The Morgan fingerprint density at radius 2 is 2.08 bits per heavy atom. The number of phenolic OH excluding ortho intramolecular Hbond substituents is 1. The number of anilines is 1. The van der Waals surface area contributed by atoms with Gasteiger partial charge in [0.1, 0.15) is 0 Å². The molecule has 2 aromatic rings. The summed E-state index contributed by atoms with van der Waals surface area (Å²) in [5.41, 5.74) is 1.31. The van der Waals surface area contributed by atoms with Crippen LogP contribution in [-0.2, 0) is 4.79 Å². The maximum atomic E-state index is 12.7. The van der Waals surface area contributed by atoms with Gasteiger partial charge in [-0.15, -0.1) is 0 Å². The van der Waals surface area contributed by atoms with E-state index in [0.717, 1.165) is 0 Å². The predicted molar refractivity (Wildman–Crippen MR) is 102 cm³/mol. The maximum absolute atomic E-state index is 12.7. The monoisotopic (exact) mass is 377 g/mol. The van der Waals surface area contributed by atoms with Crippen LogP contribution >= 0.6 is 35.6 Å². The molecule has 1 heterocycles. The van der Waals surface area contributed by atoms with E-state index in [0.29, 0.717) is 31.2 Å². The van der Waals surface area contributed by atoms with Crippen LogP contribution < -0.4 is 9.64 Å². The van der Waals surface area contributed by atoms with E-state index in [1.807, 2.05) is 0 Å². The number of amides is 1. The number of halogens is 1. The molecule has 24 heavy (non-hydrogen) atoms. The molecule has 1 aliphatic heterocycles. The van der Waals surface area contributed by atoms with E-state index in [1.165, 1.54) is 29.8 Å². The van der Waals surface area contributed by atoms with Gasteiger partial charge < -0.3 is 9.84 Å². The quantitative estimate of drug-likeness (QED) is 0.632. The highest BCUT2D eigenvalue weighted by Gasteiger charge is 2.33. The Bertz CT molecular complexity index is 867. The number of ether oxygens (including phenoxy) is 1. The molecule has 0 atom stereocenters. The van der Waals surface area contributed by atoms with Crippen LogP contribution in [0.2, 0.25) is 5.02 Å². The summed E-state index contributed by atoms with van der Waals surface area (Å²) in [6.45, 7) is 0. The number of carbonyl (C=O) groups is 1. The molecular weight excluding hydrogens is 366 g/mol. The summed E-state index contributed by atoms with van der Waals surface area (Å²) in [5.74, 6) is 0.165. The van der Waals surface area contributed by atoms with Gasteiger partial charge in [-0.1, -0.05) is 47.7 Å². The van der Waals surface area contributed by atoms with E-state index in [2.05, 4.69) is 0 Å². The Balaban J connectivity index is 1.92. The van der Waals surface area contributed by atoms with Gasteiger partial charge in [-0.25, -0.2) is 0 Å². The molecule has 7 heteroatoms. The zero-order valence-electron chi connectivity index (χ0n) is 12.5. The average molecular weight is 378 g/mol. The first-order valence-electron chi connectivity index (χ1n) is 6.90. The number of thioether (sulfide) groups is 1. The van der Waals surface area contributed by atoms with Crippen LogP contribution in [0.4, 0.5) is 5.69 Å². The van der Waals surface area contributed by atoms with E-state index >= 15 is 0 Å². The van der Waals surface area contributed by atoms with Crippen molar-refractivity contribution in [3.63, 3.8) is 0 Å². The lowest BCUT2D eigenvalue weighted by molar-refractivity contribution is -0.113. The second kappa shape index (κ2) is 6.84. The highest BCUT2D eigenvalue weighted by molar-refractivity contribution is 8.27. The van der Waals surface area contributed by atoms with Crippen LogP contribution in [0.25, 0.3) is 6.08 Å². The molecule has 0 saturated carbocycles. The minimum absolute atomic E-state index is 0.0107. The highest BCUT2D eigenvalue weighted by atomic mass is 35.5. The number of hydrogen-bond acceptors (Lipinski definition) is 5. The molecule has 1 aliphatic rings. The predicted octanol–water partition coefficient (Wildman–Crippen LogP) is 4.46. The number of methoxy groups -OCH3 is 1. The molecule has 1 saturated heterocycles. The summed E-state index contributed by atoms with van der Waals surface area (Å²) in [6, 6.07) is 11.9. The smallest absolute Gasteiger partial charge is 0.270 e. The van der Waals surface area contributed by atoms with Crippen LogP contribution in [-0.4, -0.2) is 22.4 Å². The Morgan fingerprint density at radius 1 is 1.29 bits per heavy atom. The summed E-state index contributed by atoms with van der Waals surface area (Å²) in [6.07, 6.45) is 1.68. The van der Waals surface area contributed by atoms with Gasteiger partial charge in [-0.3, -0.25) is 9.69 Å². The standard InChI is InChI=1S/C17H12ClNO3S2/c1-22-14-6-5-10(7-13(14)20)8-15-16(21)19(17(23)24-15)12-4-2-3-11(18)9-12/h2-9,20H,1H3/b15-8-. The fourth-order valence-electron chi connectivity index (χ4n) is 2.25. The lowest BCUT2D eigenvalue weighted by atomic mass is 10.2. The first-order chi connectivity index (χ1) is 11.5. The largest absolute Gasteiger partial charge is 0.504 e. The maximum Gasteiger partial charge on any atom is 0.270 e. The van der Waals surface area contributed by atoms with Crippen LogP contribution in [0, 0.1) is 0 Å². The molecule has 0 bridgehead atoms. The fourth-order valence-corrected chi connectivity index (χ4v) is 3.74. The van der Waals surface area contributed by atoms with Crippen molar-refractivity contribution >= 4 is 57.6 Å². The lowest BCUT2D eigenvalue weighted by Crippen LogP contribution is -2.27. The van der Waals surface area contributed by atoms with Crippen LogP contribution in [0.15, 0.2) is 47.4 Å². The van der Waals surface area contributed by atoms with Crippen molar-refractivity contribution < 1.29 is 14.6 Å². The van der Waals surface area contributed by atoms with E-state index in [-0.39, 0.29) is 11.7 Å². The van der Waals surface area contributed by atoms with Crippen molar-refractivity contribution in [2.45, 2.75) is 0 Å². The highest BCUT2D eigenvalue weighted by Crippen LogP contribution is 2.37. The molecule has 4 nitrogen and oxygen atoms in total. The van der Waals surface area contributed by atoms with E-state index < -0.39 is 0 Å². The number of carbonyl (C=O) groups excluding carboxylic acids is 1. The van der Waals surface area contributed by atoms with Gasteiger partial charge in [0.2, 0.25) is 0 Å². The van der Waals surface area contributed by atoms with Gasteiger partial charge >= 0.3 is 0 Å². The zero-order chi connectivity index (χ0) is 17.3. The van der Waals surface area contributed by atoms with Crippen molar-refractivity contribution in [2.75, 3.05) is 12.0 Å². The SMILES string of the molecule is COc1ccc(/C=C2\SC(=S)N(c3cccc(Cl)c3)C2=O)cc1O. The van der Waals surface area contributed by atoms with Gasteiger partial charge in [0.15, 0.2) is 15.8 Å². The van der Waals surface area contributed by atoms with Crippen molar-refractivity contribution in [1.82, 2.24) is 0 Å². The molecule has 1 N–H and O–H groups in total. The number of aromatic hydroxyl groups is 1. The van der Waals surface area contributed by atoms with Crippen LogP contribution in [0.1, 0.15) is 5.56 Å². The normalized spacial score (nSPS) is 16.1. The Hall–Kier alpha value is -2.02. The first kappa shape index (κ1) is 16.8. The van der Waals surface area contributed by atoms with Crippen molar-refractivity contribution in [3.8, 4) is 11.5 Å². The Kier molecular flexibility index (Phi) is 4.80. The van der Waals surface area contributed by atoms with Gasteiger partial charge in [0.25, 0.3) is 5.91 Å². The van der Waals surface area contributed by atoms with Gasteiger partial charge in [0.05, 0.1) is 17.7 Å². The summed E-state index contributed by atoms with van der Waals surface area (Å²) in [5, 5.41) is 10.4. The molecular formula is C17H12ClNO3S2. The summed E-state index contributed by atoms with van der Waals surface area (Å²) < 4.78 is 5.45. The van der Waals surface area contributed by atoms with Gasteiger partial charge in [-0.2, -0.15) is 0 Å². The number of thiocarbonyl (C=S) groups is 1. The minimum Gasteiger partial charge on any atom is -0.504 e. The third kappa shape index (κ3) is 3.26. The van der Waals surface area contributed by atoms with Crippen molar-refractivity contribution in [3.05, 3.63) is 58.0 Å². The second-order valence-electron chi connectivity index (χ2n) is 4.93. The van der Waals surface area contributed by atoms with E-state index in [9.17, 15) is 9.90 Å². The molecule has 0 aromatic heterocycles. The van der Waals surface area contributed by atoms with Crippen molar-refractivity contribution in [2.24, 2.45) is 0 Å². The van der Waals surface area contributed by atoms with Gasteiger partial charge in [0, 0.05) is 5.02 Å². The molecule has 0 radical (unpaired) electrons. The number of benzene rings is 2. The fraction of sp³-hybridized carbons (Fsp3) is 0.0588. The van der Waals surface area contributed by atoms with E-state index in [1.54, 1.807) is 42.5 Å². The molecule has 122 valence electrons. The summed E-state index contributed by atoms with van der Waals surface area (Å²) >= 11 is 12.5. The van der Waals surface area contributed by atoms with Gasteiger partial charge in [-0.05, 0) is 42.0 Å². The second-order valence-corrected chi connectivity index (χ2v) is 7.04. The number of rotatable bonds is 3. The van der Waals surface area contributed by atoms with Crippen LogP contribution in [0.5, 0.6) is 11.5 Å². The number of hydrogen-bond donors (Lipinski definition) is 1. The summed E-state index contributed by atoms with van der Waals surface area (Å²) in [7, 11) is 1.48. The third-order valence-corrected chi connectivity index (χ3v) is 4.90. The molecule has 3 rings (SSSR count). The molecule has 1 fully saturated rings. The molecule has 1 amide bonds. The summed E-state index contributed by atoms with van der Waals surface area (Å²) in [4.78, 5) is 14.6. The zero-order valence-corrected chi connectivity index (χ0v) is 14.9. The van der Waals surface area contributed by atoms with Crippen LogP contribution in [0.3, 0.4) is 0 Å². The third-order valence-electron chi connectivity index (χ3n) is 3.36. The Labute approximate surface area is 153 Å². The van der Waals surface area contributed by atoms with Crippen molar-refractivity contribution in [1.29, 1.82) is 0 Å². The average Bonchev–Trinajstić information content (AvgIpc) is 2.81. The Morgan fingerprint density at radius 3 is 2.75 bits per heavy atom. The number of nitrogens with zero attached hydrogens (tertiary/aromatic N) is 1. The van der Waals surface area contributed by atoms with E-state index in [4.69, 9.17) is 28.6 Å². The molecule has 0 spiro atoms. The minimum atomic E-state index is -0.220. The molecule has 0 aliphatic carbocycles.